The van der Waals surface area contributed by atoms with Gasteiger partial charge in [0, 0.05) is 12.6 Å². The van der Waals surface area contributed by atoms with Gasteiger partial charge in [0.15, 0.2) is 0 Å². The molecule has 1 nitrogen and oxygen atoms in total. The highest BCUT2D eigenvalue weighted by Gasteiger charge is 2.42. The predicted octanol–water partition coefficient (Wildman–Crippen LogP) is 4.37. The summed E-state index contributed by atoms with van der Waals surface area (Å²) >= 11 is 0. The molecule has 2 aliphatic carbocycles. The maximum atomic E-state index is 3.93. The first-order chi connectivity index (χ1) is 7.97. The zero-order valence-electron chi connectivity index (χ0n) is 12.3. The largest absolute Gasteiger partial charge is 0.313 e. The van der Waals surface area contributed by atoms with Crippen LogP contribution in [0.5, 0.6) is 0 Å². The van der Waals surface area contributed by atoms with Crippen molar-refractivity contribution in [2.75, 3.05) is 6.54 Å². The van der Waals surface area contributed by atoms with Crippen LogP contribution >= 0.6 is 0 Å². The van der Waals surface area contributed by atoms with Gasteiger partial charge in [-0.15, -0.1) is 0 Å². The van der Waals surface area contributed by atoms with Gasteiger partial charge in [-0.3, -0.25) is 0 Å². The molecule has 0 aromatic carbocycles. The topological polar surface area (TPSA) is 12.0 Å². The van der Waals surface area contributed by atoms with Crippen LogP contribution in [-0.4, -0.2) is 12.6 Å². The minimum absolute atomic E-state index is 0.473. The third-order valence-corrected chi connectivity index (χ3v) is 5.32. The second-order valence-electron chi connectivity index (χ2n) is 7.60. The predicted molar refractivity (Wildman–Crippen MR) is 75.2 cm³/mol. The van der Waals surface area contributed by atoms with Crippen molar-refractivity contribution in [1.82, 2.24) is 5.32 Å². The highest BCUT2D eigenvalue weighted by atomic mass is 14.9. The van der Waals surface area contributed by atoms with E-state index in [1.165, 1.54) is 51.5 Å². The van der Waals surface area contributed by atoms with Crippen LogP contribution in [-0.2, 0) is 0 Å². The van der Waals surface area contributed by atoms with E-state index in [4.69, 9.17) is 0 Å². The third kappa shape index (κ3) is 3.24. The van der Waals surface area contributed by atoms with Crippen molar-refractivity contribution in [1.29, 1.82) is 0 Å². The highest BCUT2D eigenvalue weighted by molar-refractivity contribution is 4.96. The van der Waals surface area contributed by atoms with Crippen molar-refractivity contribution in [3.8, 4) is 0 Å². The molecule has 0 aromatic heterocycles. The van der Waals surface area contributed by atoms with E-state index in [0.717, 1.165) is 12.0 Å². The lowest BCUT2D eigenvalue weighted by Gasteiger charge is -2.41. The molecular formula is C16H31N. The maximum absolute atomic E-state index is 3.93. The molecule has 2 unspecified atom stereocenters. The van der Waals surface area contributed by atoms with Gasteiger partial charge in [0.2, 0.25) is 0 Å². The quantitative estimate of drug-likeness (QED) is 0.765. The van der Waals surface area contributed by atoms with Crippen LogP contribution in [0, 0.1) is 16.7 Å². The van der Waals surface area contributed by atoms with Crippen LogP contribution in [0.3, 0.4) is 0 Å². The maximum Gasteiger partial charge on any atom is 0.0101 e. The number of hydrogen-bond donors (Lipinski definition) is 1. The lowest BCUT2D eigenvalue weighted by Crippen LogP contribution is -2.46. The number of hydrogen-bond acceptors (Lipinski definition) is 1. The summed E-state index contributed by atoms with van der Waals surface area (Å²) < 4.78 is 0. The monoisotopic (exact) mass is 237 g/mol. The van der Waals surface area contributed by atoms with Gasteiger partial charge in [-0.05, 0) is 48.9 Å². The van der Waals surface area contributed by atoms with Crippen molar-refractivity contribution < 1.29 is 0 Å². The first-order valence-electron chi connectivity index (χ1n) is 7.70. The Labute approximate surface area is 108 Å². The summed E-state index contributed by atoms with van der Waals surface area (Å²) in [4.78, 5) is 0. The first kappa shape index (κ1) is 13.4. The summed E-state index contributed by atoms with van der Waals surface area (Å²) in [5, 5.41) is 3.93. The van der Waals surface area contributed by atoms with Crippen LogP contribution in [0.4, 0.5) is 0 Å². The van der Waals surface area contributed by atoms with Crippen molar-refractivity contribution in [3.05, 3.63) is 0 Å². The molecule has 0 heterocycles. The fourth-order valence-corrected chi connectivity index (χ4v) is 3.59. The Morgan fingerprint density at radius 2 is 1.76 bits per heavy atom. The SMILES string of the molecule is CCC1(CNC2CCCCC2C(C)(C)C)CC1. The molecule has 100 valence electrons. The summed E-state index contributed by atoms with van der Waals surface area (Å²) in [6, 6.07) is 0.785. The molecule has 1 heteroatoms. The van der Waals surface area contributed by atoms with E-state index >= 15 is 0 Å². The van der Waals surface area contributed by atoms with Crippen LogP contribution in [0.1, 0.15) is 72.6 Å². The average molecular weight is 237 g/mol. The average Bonchev–Trinajstić information content (AvgIpc) is 3.06. The summed E-state index contributed by atoms with van der Waals surface area (Å²) in [6.45, 7) is 10.9. The number of nitrogens with one attached hydrogen (secondary N) is 1. The van der Waals surface area contributed by atoms with E-state index in [-0.39, 0.29) is 0 Å². The van der Waals surface area contributed by atoms with Gasteiger partial charge in [0.25, 0.3) is 0 Å². The standard InChI is InChI=1S/C16H31N/c1-5-16(10-11-16)12-17-14-9-7-6-8-13(14)15(2,3)4/h13-14,17H,5-12H2,1-4H3. The van der Waals surface area contributed by atoms with E-state index in [9.17, 15) is 0 Å². The van der Waals surface area contributed by atoms with Gasteiger partial charge < -0.3 is 5.32 Å². The molecule has 2 rings (SSSR count). The highest BCUT2D eigenvalue weighted by Crippen LogP contribution is 2.48. The molecule has 0 amide bonds. The van der Waals surface area contributed by atoms with Crippen LogP contribution in [0.15, 0.2) is 0 Å². The van der Waals surface area contributed by atoms with Crippen LogP contribution < -0.4 is 5.32 Å². The Bertz CT molecular complexity index is 247. The number of rotatable bonds is 4. The second kappa shape index (κ2) is 4.91. The molecule has 2 atom stereocenters. The molecule has 0 bridgehead atoms. The Hall–Kier alpha value is -0.0400. The van der Waals surface area contributed by atoms with Gasteiger partial charge in [0.1, 0.15) is 0 Å². The van der Waals surface area contributed by atoms with Crippen molar-refractivity contribution in [3.63, 3.8) is 0 Å². The summed E-state index contributed by atoms with van der Waals surface area (Å²) in [7, 11) is 0. The van der Waals surface area contributed by atoms with Gasteiger partial charge >= 0.3 is 0 Å². The zero-order valence-corrected chi connectivity index (χ0v) is 12.3. The fraction of sp³-hybridized carbons (Fsp3) is 1.00. The summed E-state index contributed by atoms with van der Waals surface area (Å²) in [5.74, 6) is 0.879. The third-order valence-electron chi connectivity index (χ3n) is 5.32. The zero-order chi connectivity index (χ0) is 12.5. The molecule has 2 fully saturated rings. The van der Waals surface area contributed by atoms with E-state index in [0.29, 0.717) is 10.8 Å². The Kier molecular flexibility index (Phi) is 3.87. The molecule has 1 N–H and O–H groups in total. The Balaban J connectivity index is 1.88. The lowest BCUT2D eigenvalue weighted by molar-refractivity contribution is 0.126. The minimum Gasteiger partial charge on any atom is -0.313 e. The summed E-state index contributed by atoms with van der Waals surface area (Å²) in [6.07, 6.45) is 10.0. The molecule has 17 heavy (non-hydrogen) atoms. The van der Waals surface area contributed by atoms with Gasteiger partial charge in [-0.1, -0.05) is 40.5 Å². The van der Waals surface area contributed by atoms with E-state index in [1.54, 1.807) is 0 Å². The minimum atomic E-state index is 0.473. The molecule has 2 saturated carbocycles. The summed E-state index contributed by atoms with van der Waals surface area (Å²) in [5.41, 5.74) is 1.17. The van der Waals surface area contributed by atoms with E-state index in [1.807, 2.05) is 0 Å². The fourth-order valence-electron chi connectivity index (χ4n) is 3.59. The molecular weight excluding hydrogens is 206 g/mol. The molecule has 0 saturated heterocycles. The molecule has 0 aliphatic heterocycles. The van der Waals surface area contributed by atoms with Gasteiger partial charge in [-0.2, -0.15) is 0 Å². The van der Waals surface area contributed by atoms with Crippen molar-refractivity contribution >= 4 is 0 Å². The first-order valence-corrected chi connectivity index (χ1v) is 7.70. The van der Waals surface area contributed by atoms with Crippen LogP contribution in [0.25, 0.3) is 0 Å². The molecule has 0 radical (unpaired) electrons. The molecule has 0 aromatic rings. The molecule has 0 spiro atoms. The Morgan fingerprint density at radius 1 is 1.12 bits per heavy atom. The Morgan fingerprint density at radius 3 is 2.29 bits per heavy atom. The normalized spacial score (nSPS) is 32.5. The van der Waals surface area contributed by atoms with Crippen molar-refractivity contribution in [2.24, 2.45) is 16.7 Å². The smallest absolute Gasteiger partial charge is 0.0101 e. The van der Waals surface area contributed by atoms with Crippen LogP contribution in [0.2, 0.25) is 0 Å². The van der Waals surface area contributed by atoms with E-state index in [2.05, 4.69) is 33.0 Å². The van der Waals surface area contributed by atoms with Crippen molar-refractivity contribution in [2.45, 2.75) is 78.7 Å². The van der Waals surface area contributed by atoms with Gasteiger partial charge in [0.05, 0.1) is 0 Å². The lowest BCUT2D eigenvalue weighted by atomic mass is 9.69. The molecule has 2 aliphatic rings. The second-order valence-corrected chi connectivity index (χ2v) is 7.60. The van der Waals surface area contributed by atoms with E-state index < -0.39 is 0 Å². The van der Waals surface area contributed by atoms with Gasteiger partial charge in [-0.25, -0.2) is 0 Å².